The molecule has 0 aromatic carbocycles. The Morgan fingerprint density at radius 1 is 0.912 bits per heavy atom. The molecule has 5 nitrogen and oxygen atoms in total. The van der Waals surface area contributed by atoms with Crippen LogP contribution in [0, 0.1) is 40.9 Å². The summed E-state index contributed by atoms with van der Waals surface area (Å²) in [7, 11) is 0. The zero-order valence-corrected chi connectivity index (χ0v) is 20.4. The predicted molar refractivity (Wildman–Crippen MR) is 119 cm³/mol. The molecule has 8 bridgehead atoms. The minimum atomic E-state index is -3.49. The second-order valence-electron chi connectivity index (χ2n) is 12.9. The summed E-state index contributed by atoms with van der Waals surface area (Å²) in [5.41, 5.74) is -1.72. The number of hydrogen-bond donors (Lipinski definition) is 0. The number of rotatable bonds is 7. The molecule has 7 heteroatoms. The highest BCUT2D eigenvalue weighted by molar-refractivity contribution is 5.79. The topological polar surface area (TPSA) is 61.8 Å². The first-order valence-corrected chi connectivity index (χ1v) is 13.6. The number of carbonyl (C=O) groups excluding carboxylic acids is 2. The maximum Gasteiger partial charge on any atom is 0.377 e. The lowest BCUT2D eigenvalue weighted by Crippen LogP contribution is -2.61. The standard InChI is InChI=1S/C27H38F2O5/c1-3-27(28,29)24(31)34-26-12-18-5-19(13-26)11-25(10-18,14-26)23(30)33-15(2)32-22-20-6-16-4-17(8-20)9-21(22)7-16/h15-22H,3-14H2,1-2H3. The van der Waals surface area contributed by atoms with Gasteiger partial charge in [-0.3, -0.25) is 4.79 Å². The van der Waals surface area contributed by atoms with E-state index in [2.05, 4.69) is 0 Å². The van der Waals surface area contributed by atoms with Gasteiger partial charge >= 0.3 is 17.9 Å². The van der Waals surface area contributed by atoms with Crippen LogP contribution in [0.1, 0.15) is 90.9 Å². The van der Waals surface area contributed by atoms with Crippen molar-refractivity contribution < 1.29 is 32.6 Å². The van der Waals surface area contributed by atoms with Crippen molar-refractivity contribution in [2.24, 2.45) is 40.9 Å². The molecule has 190 valence electrons. The van der Waals surface area contributed by atoms with Gasteiger partial charge in [0, 0.05) is 12.8 Å². The molecule has 8 saturated carbocycles. The van der Waals surface area contributed by atoms with Crippen LogP contribution < -0.4 is 0 Å². The fourth-order valence-corrected chi connectivity index (χ4v) is 9.57. The monoisotopic (exact) mass is 480 g/mol. The lowest BCUT2D eigenvalue weighted by atomic mass is 9.48. The van der Waals surface area contributed by atoms with Crippen LogP contribution >= 0.6 is 0 Å². The Kier molecular flexibility index (Phi) is 5.37. The average molecular weight is 481 g/mol. The van der Waals surface area contributed by atoms with E-state index in [0.717, 1.165) is 18.3 Å². The lowest BCUT2D eigenvalue weighted by Gasteiger charge is -2.60. The SMILES string of the molecule is CCC(F)(F)C(=O)OC12CC3CC(C1)CC(C(=O)OC(C)OC1C4CC5CC(C4)CC1C5)(C3)C2. The first kappa shape index (κ1) is 23.2. The van der Waals surface area contributed by atoms with Gasteiger partial charge < -0.3 is 14.2 Å². The first-order valence-electron chi connectivity index (χ1n) is 13.6. The van der Waals surface area contributed by atoms with Gasteiger partial charge in [-0.2, -0.15) is 8.78 Å². The van der Waals surface area contributed by atoms with Crippen LogP contribution in [0.3, 0.4) is 0 Å². The number of ether oxygens (including phenoxy) is 3. The molecule has 8 aliphatic rings. The van der Waals surface area contributed by atoms with Crippen molar-refractivity contribution in [3.05, 3.63) is 0 Å². The highest BCUT2D eigenvalue weighted by Gasteiger charge is 2.64. The van der Waals surface area contributed by atoms with Gasteiger partial charge in [0.05, 0.1) is 11.5 Å². The van der Waals surface area contributed by atoms with Crippen LogP contribution in [-0.4, -0.2) is 35.9 Å². The van der Waals surface area contributed by atoms with Gasteiger partial charge in [-0.1, -0.05) is 6.92 Å². The normalized spacial score (nSPS) is 47.0. The van der Waals surface area contributed by atoms with Gasteiger partial charge in [0.15, 0.2) is 6.29 Å². The minimum absolute atomic E-state index is 0.176. The molecule has 0 heterocycles. The van der Waals surface area contributed by atoms with Gasteiger partial charge in [-0.05, 0) is 107 Å². The molecule has 8 rings (SSSR count). The molecule has 0 aromatic heterocycles. The Labute approximate surface area is 200 Å². The van der Waals surface area contributed by atoms with E-state index in [4.69, 9.17) is 14.2 Å². The van der Waals surface area contributed by atoms with Gasteiger partial charge in [0.2, 0.25) is 0 Å². The Hall–Kier alpha value is -1.24. The third kappa shape index (κ3) is 3.79. The summed E-state index contributed by atoms with van der Waals surface area (Å²) in [5, 5.41) is 0. The first-order chi connectivity index (χ1) is 16.1. The summed E-state index contributed by atoms with van der Waals surface area (Å²) >= 11 is 0. The van der Waals surface area contributed by atoms with E-state index in [1.807, 2.05) is 6.92 Å². The summed E-state index contributed by atoms with van der Waals surface area (Å²) < 4.78 is 45.9. The largest absolute Gasteiger partial charge is 0.455 e. The van der Waals surface area contributed by atoms with Crippen molar-refractivity contribution >= 4 is 11.9 Å². The second-order valence-corrected chi connectivity index (χ2v) is 12.9. The second kappa shape index (κ2) is 7.88. The maximum absolute atomic E-state index is 14.0. The van der Waals surface area contributed by atoms with E-state index in [1.165, 1.54) is 39.0 Å². The quantitative estimate of drug-likeness (QED) is 0.348. The fraction of sp³-hybridized carbons (Fsp3) is 0.926. The third-order valence-corrected chi connectivity index (χ3v) is 10.3. The molecule has 3 atom stereocenters. The van der Waals surface area contributed by atoms with Crippen LogP contribution in [0.4, 0.5) is 8.78 Å². The van der Waals surface area contributed by atoms with Gasteiger partial charge in [-0.25, -0.2) is 4.79 Å². The number of halogens is 2. The zero-order chi connectivity index (χ0) is 23.9. The Balaban J connectivity index is 1.13. The third-order valence-electron chi connectivity index (χ3n) is 10.3. The van der Waals surface area contributed by atoms with E-state index >= 15 is 0 Å². The van der Waals surface area contributed by atoms with Gasteiger partial charge in [0.25, 0.3) is 0 Å². The summed E-state index contributed by atoms with van der Waals surface area (Å²) in [6.45, 7) is 3.10. The zero-order valence-electron chi connectivity index (χ0n) is 20.4. The number of esters is 2. The fourth-order valence-electron chi connectivity index (χ4n) is 9.57. The number of alkyl halides is 2. The van der Waals surface area contributed by atoms with Crippen molar-refractivity contribution in [1.29, 1.82) is 0 Å². The van der Waals surface area contributed by atoms with Crippen LogP contribution in [0.15, 0.2) is 0 Å². The Bertz CT molecular complexity index is 814. The average Bonchev–Trinajstić information content (AvgIpc) is 2.74. The molecule has 0 aromatic rings. The minimum Gasteiger partial charge on any atom is -0.455 e. The van der Waals surface area contributed by atoms with E-state index in [9.17, 15) is 18.4 Å². The molecule has 0 radical (unpaired) electrons. The van der Waals surface area contributed by atoms with Crippen molar-refractivity contribution in [3.63, 3.8) is 0 Å². The lowest BCUT2D eigenvalue weighted by molar-refractivity contribution is -0.245. The molecule has 0 spiro atoms. The highest BCUT2D eigenvalue weighted by atomic mass is 19.3. The predicted octanol–water partition coefficient (Wildman–Crippen LogP) is 5.64. The highest BCUT2D eigenvalue weighted by Crippen LogP contribution is 2.63. The molecule has 34 heavy (non-hydrogen) atoms. The summed E-state index contributed by atoms with van der Waals surface area (Å²) in [6, 6.07) is 0. The molecule has 0 aliphatic heterocycles. The molecular weight excluding hydrogens is 442 g/mol. The maximum atomic E-state index is 14.0. The molecular formula is C27H38F2O5. The van der Waals surface area contributed by atoms with Crippen molar-refractivity contribution in [2.75, 3.05) is 0 Å². The van der Waals surface area contributed by atoms with Gasteiger partial charge in [-0.15, -0.1) is 0 Å². The van der Waals surface area contributed by atoms with Crippen molar-refractivity contribution in [3.8, 4) is 0 Å². The smallest absolute Gasteiger partial charge is 0.377 e. The van der Waals surface area contributed by atoms with Gasteiger partial charge in [0.1, 0.15) is 5.60 Å². The summed E-state index contributed by atoms with van der Waals surface area (Å²) in [5.74, 6) is -1.94. The molecule has 0 N–H and O–H groups in total. The Morgan fingerprint density at radius 3 is 2.03 bits per heavy atom. The Morgan fingerprint density at radius 2 is 1.47 bits per heavy atom. The molecule has 3 unspecified atom stereocenters. The molecule has 0 saturated heterocycles. The van der Waals surface area contributed by atoms with E-state index in [0.29, 0.717) is 43.9 Å². The summed E-state index contributed by atoms with van der Waals surface area (Å²) in [6.07, 6.45) is 9.10. The van der Waals surface area contributed by atoms with Crippen LogP contribution in [0.5, 0.6) is 0 Å². The van der Waals surface area contributed by atoms with E-state index < -0.39 is 35.6 Å². The number of carbonyl (C=O) groups is 2. The molecule has 8 aliphatic carbocycles. The van der Waals surface area contributed by atoms with Crippen LogP contribution in [0.2, 0.25) is 0 Å². The van der Waals surface area contributed by atoms with Crippen LogP contribution in [0.25, 0.3) is 0 Å². The van der Waals surface area contributed by atoms with Crippen LogP contribution in [-0.2, 0) is 23.8 Å². The van der Waals surface area contributed by atoms with Crippen molar-refractivity contribution in [1.82, 2.24) is 0 Å². The van der Waals surface area contributed by atoms with Crippen molar-refractivity contribution in [2.45, 2.75) is 115 Å². The molecule has 8 fully saturated rings. The van der Waals surface area contributed by atoms with E-state index in [-0.39, 0.29) is 23.9 Å². The summed E-state index contributed by atoms with van der Waals surface area (Å²) in [4.78, 5) is 25.8. The molecule has 0 amide bonds. The van der Waals surface area contributed by atoms with E-state index in [1.54, 1.807) is 0 Å². The number of hydrogen-bond acceptors (Lipinski definition) is 5.